The molecule has 0 saturated carbocycles. The van der Waals surface area contributed by atoms with Crippen molar-refractivity contribution in [2.45, 2.75) is 143 Å². The van der Waals surface area contributed by atoms with E-state index < -0.39 is 11.6 Å². The van der Waals surface area contributed by atoms with E-state index >= 15 is 0 Å². The third-order valence-electron chi connectivity index (χ3n) is 8.09. The fourth-order valence-electron chi connectivity index (χ4n) is 5.11. The molecule has 33 heavy (non-hydrogen) atoms. The van der Waals surface area contributed by atoms with Crippen LogP contribution < -0.4 is 0 Å². The van der Waals surface area contributed by atoms with Gasteiger partial charge < -0.3 is 14.2 Å². The first kappa shape index (κ1) is 28.6. The Bertz CT molecular complexity index is 542. The van der Waals surface area contributed by atoms with Gasteiger partial charge in [-0.3, -0.25) is 0 Å². The highest BCUT2D eigenvalue weighted by atomic mass is 16.8. The number of hydrogen-bond acceptors (Lipinski definition) is 3. The van der Waals surface area contributed by atoms with Crippen molar-refractivity contribution >= 4 is 0 Å². The van der Waals surface area contributed by atoms with Crippen LogP contribution in [-0.4, -0.2) is 24.8 Å². The highest BCUT2D eigenvalue weighted by Crippen LogP contribution is 2.42. The van der Waals surface area contributed by atoms with E-state index in [1.807, 2.05) is 0 Å². The molecular weight excluding hydrogens is 408 g/mol. The monoisotopic (exact) mass is 462 g/mol. The minimum absolute atomic E-state index is 0.454. The molecular formula is C30H54O3. The van der Waals surface area contributed by atoms with Crippen LogP contribution in [0.3, 0.4) is 0 Å². The van der Waals surface area contributed by atoms with Gasteiger partial charge in [-0.2, -0.15) is 0 Å². The van der Waals surface area contributed by atoms with Crippen LogP contribution in [0.1, 0.15) is 131 Å². The molecule has 3 heteroatoms. The van der Waals surface area contributed by atoms with E-state index in [4.69, 9.17) is 14.2 Å². The highest BCUT2D eigenvalue weighted by molar-refractivity contribution is 4.96. The van der Waals surface area contributed by atoms with Crippen LogP contribution in [0, 0.1) is 11.8 Å². The highest BCUT2D eigenvalue weighted by Gasteiger charge is 2.45. The molecule has 2 aliphatic rings. The van der Waals surface area contributed by atoms with Crippen LogP contribution in [0.25, 0.3) is 0 Å². The maximum Gasteiger partial charge on any atom is 0.171 e. The Morgan fingerprint density at radius 1 is 0.727 bits per heavy atom. The molecule has 0 aromatic carbocycles. The van der Waals surface area contributed by atoms with Gasteiger partial charge >= 0.3 is 0 Å². The maximum absolute atomic E-state index is 7.03. The Morgan fingerprint density at radius 2 is 1.15 bits per heavy atom. The molecule has 2 saturated heterocycles. The lowest BCUT2D eigenvalue weighted by molar-refractivity contribution is -0.381. The van der Waals surface area contributed by atoms with Crippen LogP contribution in [0.2, 0.25) is 0 Å². The summed E-state index contributed by atoms with van der Waals surface area (Å²) in [5, 5.41) is 0. The van der Waals surface area contributed by atoms with E-state index in [9.17, 15) is 0 Å². The Hall–Kier alpha value is -0.640. The molecule has 0 aromatic rings. The van der Waals surface area contributed by atoms with E-state index in [2.05, 4.69) is 53.7 Å². The van der Waals surface area contributed by atoms with Gasteiger partial charge in [0.15, 0.2) is 11.6 Å². The van der Waals surface area contributed by atoms with Gasteiger partial charge in [-0.05, 0) is 104 Å². The summed E-state index contributed by atoms with van der Waals surface area (Å²) in [6.07, 6.45) is 20.4. The standard InChI is InChI=1S/C30H54O3/c1-7-25(3)13-15-27(5)17-21-29(19-9-11-23-31-29)33-30(20-10-12-24-32-30)22-18-28(6)16-14-26(4)8-2/h7-8,27-28H,9-24H2,1-6H3/b25-7+,26-8+. The minimum atomic E-state index is -0.454. The molecule has 2 fully saturated rings. The Balaban J connectivity index is 2.00. The molecule has 2 rings (SSSR count). The molecule has 0 amide bonds. The Kier molecular flexibility index (Phi) is 12.7. The summed E-state index contributed by atoms with van der Waals surface area (Å²) < 4.78 is 20.0. The maximum atomic E-state index is 7.03. The zero-order chi connectivity index (χ0) is 24.2. The van der Waals surface area contributed by atoms with E-state index in [0.29, 0.717) is 11.8 Å². The largest absolute Gasteiger partial charge is 0.350 e. The second-order valence-corrected chi connectivity index (χ2v) is 11.2. The van der Waals surface area contributed by atoms with Gasteiger partial charge in [0.2, 0.25) is 0 Å². The van der Waals surface area contributed by atoms with Crippen LogP contribution in [-0.2, 0) is 14.2 Å². The molecule has 2 heterocycles. The van der Waals surface area contributed by atoms with E-state index in [-0.39, 0.29) is 0 Å². The fourth-order valence-corrected chi connectivity index (χ4v) is 5.11. The first-order chi connectivity index (χ1) is 15.8. The van der Waals surface area contributed by atoms with Gasteiger partial charge in [0.1, 0.15) is 0 Å². The Morgan fingerprint density at radius 3 is 1.48 bits per heavy atom. The molecule has 192 valence electrons. The molecule has 0 N–H and O–H groups in total. The summed E-state index contributed by atoms with van der Waals surface area (Å²) >= 11 is 0. The molecule has 4 atom stereocenters. The lowest BCUT2D eigenvalue weighted by Gasteiger charge is -2.47. The van der Waals surface area contributed by atoms with Crippen molar-refractivity contribution in [1.29, 1.82) is 0 Å². The van der Waals surface area contributed by atoms with E-state index in [0.717, 1.165) is 64.6 Å². The molecule has 4 unspecified atom stereocenters. The van der Waals surface area contributed by atoms with Crippen LogP contribution in [0.4, 0.5) is 0 Å². The summed E-state index contributed by atoms with van der Waals surface area (Å²) in [5.74, 6) is 0.460. The number of hydrogen-bond donors (Lipinski definition) is 0. The van der Waals surface area contributed by atoms with Crippen LogP contribution in [0.5, 0.6) is 0 Å². The van der Waals surface area contributed by atoms with Crippen molar-refractivity contribution in [2.24, 2.45) is 11.8 Å². The lowest BCUT2D eigenvalue weighted by atomic mass is 9.89. The predicted octanol–water partition coefficient (Wildman–Crippen LogP) is 9.12. The number of allylic oxidation sites excluding steroid dienone is 4. The molecule has 0 aromatic heterocycles. The van der Waals surface area contributed by atoms with Gasteiger partial charge in [-0.25, -0.2) is 0 Å². The lowest BCUT2D eigenvalue weighted by Crippen LogP contribution is -2.51. The third kappa shape index (κ3) is 10.2. The van der Waals surface area contributed by atoms with Crippen LogP contribution in [0.15, 0.2) is 23.3 Å². The van der Waals surface area contributed by atoms with Gasteiger partial charge in [-0.1, -0.05) is 37.1 Å². The van der Waals surface area contributed by atoms with Crippen molar-refractivity contribution < 1.29 is 14.2 Å². The molecule has 3 nitrogen and oxygen atoms in total. The van der Waals surface area contributed by atoms with Gasteiger partial charge in [0.25, 0.3) is 0 Å². The molecule has 0 radical (unpaired) electrons. The second kappa shape index (κ2) is 14.7. The topological polar surface area (TPSA) is 27.7 Å². The quantitative estimate of drug-likeness (QED) is 0.241. The Labute approximate surface area is 205 Å². The average molecular weight is 463 g/mol. The third-order valence-corrected chi connectivity index (χ3v) is 8.09. The molecule has 0 aliphatic carbocycles. The number of rotatable bonds is 14. The predicted molar refractivity (Wildman–Crippen MR) is 140 cm³/mol. The van der Waals surface area contributed by atoms with Gasteiger partial charge in [0.05, 0.1) is 13.2 Å². The van der Waals surface area contributed by atoms with Crippen LogP contribution >= 0.6 is 0 Å². The first-order valence-corrected chi connectivity index (χ1v) is 14.0. The first-order valence-electron chi connectivity index (χ1n) is 14.0. The summed E-state index contributed by atoms with van der Waals surface area (Å²) in [7, 11) is 0. The second-order valence-electron chi connectivity index (χ2n) is 11.2. The van der Waals surface area contributed by atoms with Gasteiger partial charge in [-0.15, -0.1) is 0 Å². The molecule has 2 aliphatic heterocycles. The van der Waals surface area contributed by atoms with Crippen molar-refractivity contribution in [1.82, 2.24) is 0 Å². The molecule has 0 bridgehead atoms. The van der Waals surface area contributed by atoms with E-state index in [1.54, 1.807) is 0 Å². The van der Waals surface area contributed by atoms with Crippen molar-refractivity contribution in [3.63, 3.8) is 0 Å². The van der Waals surface area contributed by atoms with Crippen molar-refractivity contribution in [3.05, 3.63) is 23.3 Å². The molecule has 0 spiro atoms. The summed E-state index contributed by atoms with van der Waals surface area (Å²) in [5.41, 5.74) is 2.99. The zero-order valence-corrected chi connectivity index (χ0v) is 22.8. The van der Waals surface area contributed by atoms with Crippen molar-refractivity contribution in [2.75, 3.05) is 13.2 Å². The normalized spacial score (nSPS) is 29.2. The smallest absolute Gasteiger partial charge is 0.171 e. The SMILES string of the molecule is C/C=C(\C)CCC(C)CCC1(OC2(CCC(C)CC/C(C)=C/C)CCCCO2)CCCCO1. The zero-order valence-electron chi connectivity index (χ0n) is 22.8. The van der Waals surface area contributed by atoms with Gasteiger partial charge in [0, 0.05) is 25.7 Å². The summed E-state index contributed by atoms with van der Waals surface area (Å²) in [6, 6.07) is 0. The van der Waals surface area contributed by atoms with E-state index in [1.165, 1.54) is 49.7 Å². The average Bonchev–Trinajstić information content (AvgIpc) is 2.84. The minimum Gasteiger partial charge on any atom is -0.350 e. The summed E-state index contributed by atoms with van der Waals surface area (Å²) in [6.45, 7) is 15.2. The number of ether oxygens (including phenoxy) is 3. The fraction of sp³-hybridized carbons (Fsp3) is 0.867. The summed E-state index contributed by atoms with van der Waals surface area (Å²) in [4.78, 5) is 0. The van der Waals surface area contributed by atoms with Crippen molar-refractivity contribution in [3.8, 4) is 0 Å².